The Balaban J connectivity index is 1.76. The summed E-state index contributed by atoms with van der Waals surface area (Å²) in [7, 11) is 0. The maximum Gasteiger partial charge on any atom is 0.151 e. The molecule has 3 aromatic rings. The highest BCUT2D eigenvalue weighted by atomic mass is 19.1. The van der Waals surface area contributed by atoms with Gasteiger partial charge in [0.2, 0.25) is 0 Å². The van der Waals surface area contributed by atoms with Crippen molar-refractivity contribution in [3.05, 3.63) is 48.5 Å². The summed E-state index contributed by atoms with van der Waals surface area (Å²) in [5.74, 6) is 1.23. The molecule has 0 saturated heterocycles. The number of Topliss-reactive ketones (excluding diaryl/α,β-unsaturated/α-hetero) is 1. The molecular weight excluding hydrogens is 389 g/mol. The average molecular weight is 422 g/mol. The second-order valence-electron chi connectivity index (χ2n) is 8.33. The summed E-state index contributed by atoms with van der Waals surface area (Å²) >= 11 is 0. The summed E-state index contributed by atoms with van der Waals surface area (Å²) < 4.78 is 13.4. The average Bonchev–Trinajstić information content (AvgIpc) is 3.16. The van der Waals surface area contributed by atoms with Gasteiger partial charge in [-0.2, -0.15) is 0 Å². The van der Waals surface area contributed by atoms with E-state index in [1.165, 1.54) is 12.1 Å². The van der Waals surface area contributed by atoms with E-state index in [0.717, 1.165) is 59.8 Å². The zero-order valence-corrected chi connectivity index (χ0v) is 18.9. The van der Waals surface area contributed by atoms with E-state index in [9.17, 15) is 9.18 Å². The molecule has 1 aromatic carbocycles. The van der Waals surface area contributed by atoms with E-state index in [1.807, 2.05) is 24.5 Å². The third-order valence-electron chi connectivity index (χ3n) is 6.15. The maximum absolute atomic E-state index is 13.4. The lowest BCUT2D eigenvalue weighted by Gasteiger charge is -2.19. The molecule has 1 N–H and O–H groups in total. The molecule has 0 radical (unpaired) electrons. The van der Waals surface area contributed by atoms with E-state index in [2.05, 4.69) is 30.7 Å². The summed E-state index contributed by atoms with van der Waals surface area (Å²) in [6.07, 6.45) is 8.63. The molecule has 0 aliphatic carbocycles. The Morgan fingerprint density at radius 1 is 1.10 bits per heavy atom. The molecule has 2 aromatic heterocycles. The van der Waals surface area contributed by atoms with E-state index in [1.54, 1.807) is 13.0 Å². The smallest absolute Gasteiger partial charge is 0.151 e. The van der Waals surface area contributed by atoms with E-state index in [-0.39, 0.29) is 17.5 Å². The van der Waals surface area contributed by atoms with Gasteiger partial charge in [0.1, 0.15) is 11.6 Å². The van der Waals surface area contributed by atoms with Crippen LogP contribution in [0.5, 0.6) is 0 Å². The van der Waals surface area contributed by atoms with Crippen molar-refractivity contribution >= 4 is 28.2 Å². The number of carbonyl (C=O) groups is 1. The highest BCUT2D eigenvalue weighted by Crippen LogP contribution is 2.30. The van der Waals surface area contributed by atoms with Gasteiger partial charge in [-0.3, -0.25) is 4.79 Å². The lowest BCUT2D eigenvalue weighted by atomic mass is 9.87. The van der Waals surface area contributed by atoms with Crippen LogP contribution in [-0.4, -0.2) is 21.5 Å². The summed E-state index contributed by atoms with van der Waals surface area (Å²) in [6.45, 7) is 8.03. The normalized spacial score (nSPS) is 14.0. The Bertz CT molecular complexity index is 1050. The van der Waals surface area contributed by atoms with E-state index in [4.69, 9.17) is 4.99 Å². The fraction of sp³-hybridized carbons (Fsp3) is 0.423. The van der Waals surface area contributed by atoms with Gasteiger partial charge in [0.15, 0.2) is 5.82 Å². The van der Waals surface area contributed by atoms with E-state index < -0.39 is 0 Å². The van der Waals surface area contributed by atoms with Gasteiger partial charge in [-0.05, 0) is 75.8 Å². The van der Waals surface area contributed by atoms with Crippen LogP contribution in [0.2, 0.25) is 0 Å². The molecule has 0 bridgehead atoms. The first kappa shape index (κ1) is 22.9. The van der Waals surface area contributed by atoms with Crippen molar-refractivity contribution in [3.8, 4) is 11.1 Å². The number of aromatic nitrogens is 2. The van der Waals surface area contributed by atoms with Gasteiger partial charge in [0.25, 0.3) is 0 Å². The third kappa shape index (κ3) is 5.66. The molecule has 0 spiro atoms. The number of nitrogens with zero attached hydrogens (tertiary/aromatic N) is 2. The lowest BCUT2D eigenvalue weighted by Crippen LogP contribution is -2.16. The lowest BCUT2D eigenvalue weighted by molar-refractivity contribution is -0.121. The number of benzene rings is 1. The van der Waals surface area contributed by atoms with Gasteiger partial charge in [-0.1, -0.05) is 20.3 Å². The Labute approximate surface area is 184 Å². The van der Waals surface area contributed by atoms with Crippen LogP contribution in [0.15, 0.2) is 47.7 Å². The van der Waals surface area contributed by atoms with Crippen LogP contribution in [0.3, 0.4) is 0 Å². The zero-order chi connectivity index (χ0) is 22.4. The minimum Gasteiger partial charge on any atom is -0.360 e. The van der Waals surface area contributed by atoms with Gasteiger partial charge in [0, 0.05) is 46.1 Å². The minimum atomic E-state index is -0.255. The van der Waals surface area contributed by atoms with Crippen LogP contribution in [0.1, 0.15) is 59.8 Å². The van der Waals surface area contributed by atoms with Gasteiger partial charge in [-0.25, -0.2) is 14.4 Å². The van der Waals surface area contributed by atoms with Crippen molar-refractivity contribution in [2.45, 2.75) is 59.8 Å². The summed E-state index contributed by atoms with van der Waals surface area (Å²) in [4.78, 5) is 24.2. The molecule has 5 heteroatoms. The molecule has 0 aliphatic rings. The van der Waals surface area contributed by atoms with Crippen molar-refractivity contribution in [2.75, 3.05) is 0 Å². The Hall–Kier alpha value is -2.82. The van der Waals surface area contributed by atoms with E-state index in [0.29, 0.717) is 11.7 Å². The predicted octanol–water partition coefficient (Wildman–Crippen LogP) is 7.27. The number of hydrogen-bond donors (Lipinski definition) is 1. The number of pyridine rings is 1. The number of H-pyrrole nitrogens is 1. The first-order valence-corrected chi connectivity index (χ1v) is 11.2. The van der Waals surface area contributed by atoms with E-state index >= 15 is 0 Å². The quantitative estimate of drug-likeness (QED) is 0.350. The largest absolute Gasteiger partial charge is 0.360 e. The predicted molar refractivity (Wildman–Crippen MR) is 126 cm³/mol. The summed E-state index contributed by atoms with van der Waals surface area (Å²) in [5, 5.41) is 0.967. The number of rotatable bonds is 10. The number of aliphatic imine (C=N–C) groups is 1. The fourth-order valence-electron chi connectivity index (χ4n) is 4.23. The second kappa shape index (κ2) is 10.5. The minimum absolute atomic E-state index is 0.147. The molecule has 2 unspecified atom stereocenters. The Morgan fingerprint density at radius 3 is 2.52 bits per heavy atom. The topological polar surface area (TPSA) is 58.1 Å². The first-order valence-electron chi connectivity index (χ1n) is 11.2. The molecule has 3 rings (SSSR count). The van der Waals surface area contributed by atoms with Crippen LogP contribution < -0.4 is 0 Å². The van der Waals surface area contributed by atoms with Crippen molar-refractivity contribution in [3.63, 3.8) is 0 Å². The molecule has 164 valence electrons. The highest BCUT2D eigenvalue weighted by molar-refractivity contribution is 5.95. The maximum atomic E-state index is 13.4. The number of nitrogens with one attached hydrogen (secondary N) is 1. The molecule has 0 amide bonds. The van der Waals surface area contributed by atoms with Crippen molar-refractivity contribution in [2.24, 2.45) is 16.8 Å². The van der Waals surface area contributed by atoms with Crippen LogP contribution in [0.4, 0.5) is 10.2 Å². The third-order valence-corrected chi connectivity index (χ3v) is 6.15. The van der Waals surface area contributed by atoms with Crippen LogP contribution in [0.25, 0.3) is 22.0 Å². The van der Waals surface area contributed by atoms with Crippen molar-refractivity contribution < 1.29 is 9.18 Å². The standard InChI is InChI=1S/C26H32FN3O/c1-5-7-20(9-8-19(6-2)18(4)31)17(3)30-26-13-10-21(15-29-26)24-16-28-25-14-22(27)11-12-23(24)25/h10-16,19-20,28H,5-9H2,1-4H3. The number of ketones is 1. The van der Waals surface area contributed by atoms with Crippen LogP contribution in [0, 0.1) is 17.7 Å². The Morgan fingerprint density at radius 2 is 1.87 bits per heavy atom. The number of aromatic amines is 1. The SMILES string of the molecule is CCCC(CCC(CC)C(C)=O)C(C)=Nc1ccc(-c2c[nH]c3cc(F)ccc23)cn1. The first-order chi connectivity index (χ1) is 14.9. The number of hydrogen-bond acceptors (Lipinski definition) is 3. The van der Waals surface area contributed by atoms with Crippen LogP contribution in [-0.2, 0) is 4.79 Å². The Kier molecular flexibility index (Phi) is 7.72. The van der Waals surface area contributed by atoms with Gasteiger partial charge in [0.05, 0.1) is 0 Å². The number of halogens is 1. The molecule has 4 nitrogen and oxygen atoms in total. The number of carbonyl (C=O) groups excluding carboxylic acids is 1. The summed E-state index contributed by atoms with van der Waals surface area (Å²) in [6, 6.07) is 8.68. The molecule has 0 aliphatic heterocycles. The molecule has 2 heterocycles. The number of fused-ring (bicyclic) bond motifs is 1. The second-order valence-corrected chi connectivity index (χ2v) is 8.33. The summed E-state index contributed by atoms with van der Waals surface area (Å²) in [5.41, 5.74) is 3.80. The van der Waals surface area contributed by atoms with Crippen LogP contribution >= 0.6 is 0 Å². The van der Waals surface area contributed by atoms with Crippen molar-refractivity contribution in [1.82, 2.24) is 9.97 Å². The van der Waals surface area contributed by atoms with Gasteiger partial charge < -0.3 is 4.98 Å². The van der Waals surface area contributed by atoms with Gasteiger partial charge >= 0.3 is 0 Å². The molecule has 0 saturated carbocycles. The molecule has 31 heavy (non-hydrogen) atoms. The molecular formula is C26H32FN3O. The zero-order valence-electron chi connectivity index (χ0n) is 18.9. The monoisotopic (exact) mass is 421 g/mol. The molecule has 0 fully saturated rings. The van der Waals surface area contributed by atoms with Crippen molar-refractivity contribution in [1.29, 1.82) is 0 Å². The fourth-order valence-corrected chi connectivity index (χ4v) is 4.23. The molecule has 2 atom stereocenters. The van der Waals surface area contributed by atoms with Gasteiger partial charge in [-0.15, -0.1) is 0 Å². The highest BCUT2D eigenvalue weighted by Gasteiger charge is 2.17.